The second kappa shape index (κ2) is 4.33. The Morgan fingerprint density at radius 3 is 2.40 bits per heavy atom. The van der Waals surface area contributed by atoms with Gasteiger partial charge in [0.05, 0.1) is 0 Å². The Hall–Kier alpha value is -0.510. The van der Waals surface area contributed by atoms with Gasteiger partial charge in [0.25, 0.3) is 0 Å². The molecule has 1 atom stereocenters. The molecule has 0 radical (unpaired) electrons. The highest BCUT2D eigenvalue weighted by molar-refractivity contribution is 8.14. The van der Waals surface area contributed by atoms with Crippen LogP contribution in [0.4, 0.5) is 0 Å². The van der Waals surface area contributed by atoms with Crippen LogP contribution >= 0.6 is 11.8 Å². The number of hydrogen-bond donors (Lipinski definition) is 1. The summed E-state index contributed by atoms with van der Waals surface area (Å²) in [7, 11) is 0. The van der Waals surface area contributed by atoms with E-state index in [0.29, 0.717) is 6.42 Å². The van der Waals surface area contributed by atoms with Crippen LogP contribution in [0.2, 0.25) is 0 Å². The molecule has 0 spiro atoms. The van der Waals surface area contributed by atoms with Crippen LogP contribution in [0.15, 0.2) is 0 Å². The van der Waals surface area contributed by atoms with Crippen molar-refractivity contribution in [1.82, 2.24) is 0 Å². The van der Waals surface area contributed by atoms with Crippen molar-refractivity contribution in [3.8, 4) is 0 Å². The Balaban J connectivity index is 3.68. The molecule has 0 aromatic heterocycles. The third kappa shape index (κ3) is 3.50. The van der Waals surface area contributed by atoms with Gasteiger partial charge >= 0.3 is 5.97 Å². The smallest absolute Gasteiger partial charge is 0.316 e. The van der Waals surface area contributed by atoms with Crippen LogP contribution < -0.4 is 0 Å². The maximum Gasteiger partial charge on any atom is 0.316 e. The molecular weight excluding hydrogens is 152 g/mol. The third-order valence-electron chi connectivity index (χ3n) is 0.945. The van der Waals surface area contributed by atoms with Crippen molar-refractivity contribution in [2.45, 2.75) is 25.5 Å². The molecule has 0 aliphatic carbocycles. The number of thioether (sulfide) groups is 1. The van der Waals surface area contributed by atoms with E-state index in [1.807, 2.05) is 0 Å². The molecule has 0 heterocycles. The normalized spacial score (nSPS) is 12.6. The maximum atomic E-state index is 10.6. The highest BCUT2D eigenvalue weighted by atomic mass is 32.2. The summed E-state index contributed by atoms with van der Waals surface area (Å²) in [5, 5.41) is 7.66. The lowest BCUT2D eigenvalue weighted by atomic mass is 10.5. The molecule has 0 rings (SSSR count). The van der Waals surface area contributed by atoms with Gasteiger partial charge in [0, 0.05) is 6.42 Å². The van der Waals surface area contributed by atoms with E-state index in [-0.39, 0.29) is 5.12 Å². The van der Waals surface area contributed by atoms with Crippen molar-refractivity contribution in [1.29, 1.82) is 0 Å². The maximum absolute atomic E-state index is 10.6. The molecule has 10 heavy (non-hydrogen) atoms. The quantitative estimate of drug-likeness (QED) is 0.675. The number of carboxylic acid groups (broad SMARTS) is 1. The summed E-state index contributed by atoms with van der Waals surface area (Å²) >= 11 is 0.869. The molecule has 0 bridgehead atoms. The average Bonchev–Trinajstić information content (AvgIpc) is 1.87. The van der Waals surface area contributed by atoms with Gasteiger partial charge in [0.15, 0.2) is 5.12 Å². The summed E-state index contributed by atoms with van der Waals surface area (Å²) < 4.78 is 0. The van der Waals surface area contributed by atoms with Gasteiger partial charge in [0.2, 0.25) is 0 Å². The Labute approximate surface area is 63.8 Å². The fourth-order valence-electron chi connectivity index (χ4n) is 0.331. The first-order valence-corrected chi connectivity index (χ1v) is 3.88. The molecule has 58 valence electrons. The van der Waals surface area contributed by atoms with Crippen LogP contribution in [0, 0.1) is 0 Å². The van der Waals surface area contributed by atoms with Gasteiger partial charge in [-0.05, 0) is 6.92 Å². The van der Waals surface area contributed by atoms with Crippen molar-refractivity contribution in [3.63, 3.8) is 0 Å². The van der Waals surface area contributed by atoms with E-state index in [1.165, 1.54) is 6.92 Å². The summed E-state index contributed by atoms with van der Waals surface area (Å²) in [5.74, 6) is -0.938. The molecule has 0 fully saturated rings. The number of carboxylic acids is 1. The zero-order valence-corrected chi connectivity index (χ0v) is 6.77. The van der Waals surface area contributed by atoms with Crippen LogP contribution in [0.1, 0.15) is 20.3 Å². The number of hydrogen-bond acceptors (Lipinski definition) is 3. The minimum atomic E-state index is -0.938. The molecular formula is C6H10O3S. The Bertz CT molecular complexity index is 144. The Morgan fingerprint density at radius 1 is 1.60 bits per heavy atom. The molecule has 0 aliphatic rings. The number of carbonyl (C=O) groups is 2. The van der Waals surface area contributed by atoms with Crippen LogP contribution in [-0.2, 0) is 9.59 Å². The first-order valence-electron chi connectivity index (χ1n) is 3.00. The second-order valence-electron chi connectivity index (χ2n) is 1.82. The van der Waals surface area contributed by atoms with Crippen LogP contribution in [-0.4, -0.2) is 21.4 Å². The van der Waals surface area contributed by atoms with Gasteiger partial charge in [-0.2, -0.15) is 0 Å². The fourth-order valence-corrected chi connectivity index (χ4v) is 0.993. The highest BCUT2D eigenvalue weighted by Crippen LogP contribution is 2.12. The average molecular weight is 162 g/mol. The SMILES string of the molecule is CCC(=O)SC(C)C(=O)O. The first-order chi connectivity index (χ1) is 4.57. The van der Waals surface area contributed by atoms with Crippen molar-refractivity contribution < 1.29 is 14.7 Å². The van der Waals surface area contributed by atoms with Gasteiger partial charge in [-0.3, -0.25) is 9.59 Å². The van der Waals surface area contributed by atoms with E-state index in [2.05, 4.69) is 0 Å². The lowest BCUT2D eigenvalue weighted by molar-refractivity contribution is -0.136. The lowest BCUT2D eigenvalue weighted by Gasteiger charge is -2.01. The molecule has 3 nitrogen and oxygen atoms in total. The van der Waals surface area contributed by atoms with Crippen LogP contribution in [0.3, 0.4) is 0 Å². The van der Waals surface area contributed by atoms with E-state index in [9.17, 15) is 9.59 Å². The van der Waals surface area contributed by atoms with E-state index < -0.39 is 11.2 Å². The van der Waals surface area contributed by atoms with Crippen molar-refractivity contribution in [3.05, 3.63) is 0 Å². The molecule has 0 aromatic rings. The van der Waals surface area contributed by atoms with Gasteiger partial charge in [0.1, 0.15) is 5.25 Å². The lowest BCUT2D eigenvalue weighted by Crippen LogP contribution is -2.13. The zero-order chi connectivity index (χ0) is 8.15. The number of rotatable bonds is 3. The molecule has 1 N–H and O–H groups in total. The minimum Gasteiger partial charge on any atom is -0.480 e. The predicted octanol–water partition coefficient (Wildman–Crippen LogP) is 1.13. The molecule has 0 aliphatic heterocycles. The van der Waals surface area contributed by atoms with Crippen LogP contribution in [0.5, 0.6) is 0 Å². The standard InChI is InChI=1S/C6H10O3S/c1-3-5(7)10-4(2)6(8)9/h4H,3H2,1-2H3,(H,8,9). The number of carbonyl (C=O) groups excluding carboxylic acids is 1. The second-order valence-corrected chi connectivity index (χ2v) is 3.22. The van der Waals surface area contributed by atoms with Gasteiger partial charge in [-0.15, -0.1) is 0 Å². The minimum absolute atomic E-state index is 0.0742. The molecule has 0 amide bonds. The third-order valence-corrected chi connectivity index (χ3v) is 2.05. The van der Waals surface area contributed by atoms with E-state index >= 15 is 0 Å². The van der Waals surface area contributed by atoms with Crippen molar-refractivity contribution in [2.75, 3.05) is 0 Å². The van der Waals surface area contributed by atoms with Crippen molar-refractivity contribution in [2.24, 2.45) is 0 Å². The topological polar surface area (TPSA) is 54.4 Å². The Kier molecular flexibility index (Phi) is 4.11. The van der Waals surface area contributed by atoms with Gasteiger partial charge in [-0.1, -0.05) is 18.7 Å². The summed E-state index contributed by atoms with van der Waals surface area (Å²) in [6.07, 6.45) is 0.391. The summed E-state index contributed by atoms with van der Waals surface area (Å²) in [4.78, 5) is 20.8. The highest BCUT2D eigenvalue weighted by Gasteiger charge is 2.14. The summed E-state index contributed by atoms with van der Waals surface area (Å²) in [6, 6.07) is 0. The molecule has 4 heteroatoms. The predicted molar refractivity (Wildman–Crippen MR) is 40.0 cm³/mol. The Morgan fingerprint density at radius 2 is 2.10 bits per heavy atom. The van der Waals surface area contributed by atoms with Crippen molar-refractivity contribution >= 4 is 22.8 Å². The summed E-state index contributed by atoms with van der Waals surface area (Å²) in [5.41, 5.74) is 0. The number of aliphatic carboxylic acids is 1. The van der Waals surface area contributed by atoms with E-state index in [0.717, 1.165) is 11.8 Å². The summed E-state index contributed by atoms with van der Waals surface area (Å²) in [6.45, 7) is 3.21. The fraction of sp³-hybridized carbons (Fsp3) is 0.667. The largest absolute Gasteiger partial charge is 0.480 e. The molecule has 0 saturated carbocycles. The first kappa shape index (κ1) is 9.49. The van der Waals surface area contributed by atoms with Crippen LogP contribution in [0.25, 0.3) is 0 Å². The molecule has 0 aromatic carbocycles. The molecule has 1 unspecified atom stereocenters. The monoisotopic (exact) mass is 162 g/mol. The zero-order valence-electron chi connectivity index (χ0n) is 5.96. The van der Waals surface area contributed by atoms with E-state index in [1.54, 1.807) is 6.92 Å². The van der Waals surface area contributed by atoms with Gasteiger partial charge < -0.3 is 5.11 Å². The van der Waals surface area contributed by atoms with E-state index in [4.69, 9.17) is 5.11 Å². The van der Waals surface area contributed by atoms with Gasteiger partial charge in [-0.25, -0.2) is 0 Å². The molecule has 0 saturated heterocycles.